The molecule has 0 aliphatic carbocycles. The van der Waals surface area contributed by atoms with Crippen LogP contribution < -0.4 is 0 Å². The molecule has 0 spiro atoms. The van der Waals surface area contributed by atoms with E-state index in [2.05, 4.69) is 36.9 Å². The van der Waals surface area contributed by atoms with Gasteiger partial charge in [-0.2, -0.15) is 5.10 Å². The minimum atomic E-state index is 1.18. The van der Waals surface area contributed by atoms with E-state index in [1.165, 1.54) is 11.1 Å². The summed E-state index contributed by atoms with van der Waals surface area (Å²) in [6.45, 7) is 5.49. The molecule has 1 aromatic rings. The van der Waals surface area contributed by atoms with Crippen LogP contribution in [-0.2, 0) is 0 Å². The molecule has 0 atom stereocenters. The highest BCUT2D eigenvalue weighted by molar-refractivity contribution is 5.49. The fraction of sp³-hybridized carbons (Fsp3) is 0.182. The van der Waals surface area contributed by atoms with E-state index in [-0.39, 0.29) is 0 Å². The van der Waals surface area contributed by atoms with Crippen molar-refractivity contribution in [1.29, 1.82) is 0 Å². The summed E-state index contributed by atoms with van der Waals surface area (Å²) in [6, 6.07) is 8.29. The first-order valence-corrected chi connectivity index (χ1v) is 4.17. The number of aryl methyl sites for hydroxylation is 1. The quantitative estimate of drug-likeness (QED) is 0.508. The molecule has 68 valence electrons. The van der Waals surface area contributed by atoms with Gasteiger partial charge in [0.05, 0.1) is 0 Å². The van der Waals surface area contributed by atoms with Gasteiger partial charge in [-0.3, -0.25) is 5.01 Å². The number of hydrogen-bond donors (Lipinski definition) is 0. The zero-order valence-corrected chi connectivity index (χ0v) is 8.07. The molecule has 1 aromatic carbocycles. The minimum absolute atomic E-state index is 1.18. The fourth-order valence-corrected chi connectivity index (χ4v) is 1.01. The van der Waals surface area contributed by atoms with E-state index < -0.39 is 0 Å². The predicted octanol–water partition coefficient (Wildman–Crippen LogP) is 2.51. The van der Waals surface area contributed by atoms with Gasteiger partial charge in [-0.1, -0.05) is 29.8 Å². The van der Waals surface area contributed by atoms with E-state index in [1.807, 2.05) is 25.4 Å². The molecular weight excluding hydrogens is 160 g/mol. The van der Waals surface area contributed by atoms with Crippen molar-refractivity contribution in [3.63, 3.8) is 0 Å². The summed E-state index contributed by atoms with van der Waals surface area (Å²) in [5.41, 5.74) is 2.44. The summed E-state index contributed by atoms with van der Waals surface area (Å²) < 4.78 is 0. The van der Waals surface area contributed by atoms with Gasteiger partial charge in [-0.25, -0.2) is 0 Å². The van der Waals surface area contributed by atoms with Crippen molar-refractivity contribution in [2.75, 3.05) is 7.05 Å². The van der Waals surface area contributed by atoms with E-state index in [4.69, 9.17) is 0 Å². The van der Waals surface area contributed by atoms with E-state index in [0.29, 0.717) is 0 Å². The van der Waals surface area contributed by atoms with Crippen LogP contribution in [0, 0.1) is 6.92 Å². The largest absolute Gasteiger partial charge is 0.276 e. The van der Waals surface area contributed by atoms with Gasteiger partial charge in [-0.05, 0) is 18.6 Å². The Morgan fingerprint density at radius 2 is 2.23 bits per heavy atom. The third-order valence-electron chi connectivity index (χ3n) is 1.75. The first-order valence-electron chi connectivity index (χ1n) is 4.17. The van der Waals surface area contributed by atoms with Gasteiger partial charge >= 0.3 is 0 Å². The molecule has 0 saturated carbocycles. The molecule has 0 amide bonds. The lowest BCUT2D eigenvalue weighted by Gasteiger charge is -2.03. The molecule has 0 N–H and O–H groups in total. The van der Waals surface area contributed by atoms with Crippen molar-refractivity contribution < 1.29 is 0 Å². The monoisotopic (exact) mass is 174 g/mol. The highest BCUT2D eigenvalue weighted by atomic mass is 15.4. The van der Waals surface area contributed by atoms with E-state index in [1.54, 1.807) is 5.01 Å². The average Bonchev–Trinajstić information content (AvgIpc) is 2.14. The lowest BCUT2D eigenvalue weighted by atomic mass is 10.1. The van der Waals surface area contributed by atoms with Crippen LogP contribution in [0.15, 0.2) is 35.6 Å². The number of benzene rings is 1. The van der Waals surface area contributed by atoms with Crippen LogP contribution in [0.1, 0.15) is 11.1 Å². The summed E-state index contributed by atoms with van der Waals surface area (Å²) in [4.78, 5) is 0. The zero-order chi connectivity index (χ0) is 9.68. The minimum Gasteiger partial charge on any atom is -0.276 e. The van der Waals surface area contributed by atoms with Gasteiger partial charge in [0.15, 0.2) is 0 Å². The Kier molecular flexibility index (Phi) is 3.26. The Balaban J connectivity index is 2.74. The van der Waals surface area contributed by atoms with Crippen molar-refractivity contribution >= 4 is 12.8 Å². The molecule has 13 heavy (non-hydrogen) atoms. The van der Waals surface area contributed by atoms with Gasteiger partial charge in [0.1, 0.15) is 0 Å². The second kappa shape index (κ2) is 4.45. The Morgan fingerprint density at radius 3 is 2.85 bits per heavy atom. The number of nitrogens with zero attached hydrogens (tertiary/aromatic N) is 2. The molecular formula is C11H14N2. The van der Waals surface area contributed by atoms with Crippen LogP contribution in [0.4, 0.5) is 0 Å². The van der Waals surface area contributed by atoms with Crippen molar-refractivity contribution in [1.82, 2.24) is 5.01 Å². The second-order valence-corrected chi connectivity index (χ2v) is 2.94. The molecule has 0 aliphatic heterocycles. The predicted molar refractivity (Wildman–Crippen MR) is 57.5 cm³/mol. The standard InChI is InChI=1S/C11H14N2/c1-10-5-4-6-11(9-10)7-8-13(3)12-2/h4-9H,2H2,1,3H3/b8-7-. The molecule has 0 aliphatic rings. The molecule has 0 fully saturated rings. The van der Waals surface area contributed by atoms with Gasteiger partial charge in [-0.15, -0.1) is 0 Å². The maximum absolute atomic E-state index is 3.72. The van der Waals surface area contributed by atoms with Crippen LogP contribution in [0.2, 0.25) is 0 Å². The molecule has 2 nitrogen and oxygen atoms in total. The third-order valence-corrected chi connectivity index (χ3v) is 1.75. The van der Waals surface area contributed by atoms with Crippen LogP contribution in [0.5, 0.6) is 0 Å². The van der Waals surface area contributed by atoms with E-state index >= 15 is 0 Å². The highest BCUT2D eigenvalue weighted by Gasteiger charge is 1.87. The van der Waals surface area contributed by atoms with Crippen LogP contribution >= 0.6 is 0 Å². The van der Waals surface area contributed by atoms with Crippen LogP contribution in [0.3, 0.4) is 0 Å². The van der Waals surface area contributed by atoms with E-state index in [9.17, 15) is 0 Å². The Labute approximate surface area is 79.2 Å². The maximum Gasteiger partial charge on any atom is 0.0296 e. The number of rotatable bonds is 3. The topological polar surface area (TPSA) is 15.6 Å². The maximum atomic E-state index is 3.72. The molecule has 0 saturated heterocycles. The first kappa shape index (κ1) is 9.52. The van der Waals surface area contributed by atoms with Crippen molar-refractivity contribution in [3.8, 4) is 0 Å². The third kappa shape index (κ3) is 3.11. The second-order valence-electron chi connectivity index (χ2n) is 2.94. The molecule has 0 radical (unpaired) electrons. The van der Waals surface area contributed by atoms with Gasteiger partial charge in [0.2, 0.25) is 0 Å². The first-order chi connectivity index (χ1) is 6.22. The molecule has 0 unspecified atom stereocenters. The van der Waals surface area contributed by atoms with Gasteiger partial charge < -0.3 is 0 Å². The highest BCUT2D eigenvalue weighted by Crippen LogP contribution is 2.05. The molecule has 0 aromatic heterocycles. The lowest BCUT2D eigenvalue weighted by Crippen LogP contribution is -1.98. The zero-order valence-electron chi connectivity index (χ0n) is 8.07. The number of hydrazone groups is 1. The molecule has 0 bridgehead atoms. The summed E-state index contributed by atoms with van der Waals surface area (Å²) in [5, 5.41) is 5.39. The van der Waals surface area contributed by atoms with Crippen LogP contribution in [0.25, 0.3) is 6.08 Å². The van der Waals surface area contributed by atoms with Crippen molar-refractivity contribution in [2.24, 2.45) is 5.10 Å². The summed E-state index contributed by atoms with van der Waals surface area (Å²) >= 11 is 0. The lowest BCUT2D eigenvalue weighted by molar-refractivity contribution is 0.498. The summed E-state index contributed by atoms with van der Waals surface area (Å²) in [6.07, 6.45) is 3.88. The fourth-order valence-electron chi connectivity index (χ4n) is 1.01. The number of hydrogen-bond acceptors (Lipinski definition) is 2. The van der Waals surface area contributed by atoms with E-state index in [0.717, 1.165) is 0 Å². The summed E-state index contributed by atoms with van der Waals surface area (Å²) in [5.74, 6) is 0. The Hall–Kier alpha value is -1.57. The smallest absolute Gasteiger partial charge is 0.0296 e. The van der Waals surface area contributed by atoms with Crippen LogP contribution in [-0.4, -0.2) is 18.8 Å². The summed E-state index contributed by atoms with van der Waals surface area (Å²) in [7, 11) is 1.85. The van der Waals surface area contributed by atoms with Crippen molar-refractivity contribution in [2.45, 2.75) is 6.92 Å². The molecule has 1 rings (SSSR count). The van der Waals surface area contributed by atoms with Gasteiger partial charge in [0.25, 0.3) is 0 Å². The Bertz CT molecular complexity index is 316. The molecule has 2 heteroatoms. The SMILES string of the molecule is C=NN(C)/C=C\c1cccc(C)c1. The average molecular weight is 174 g/mol. The van der Waals surface area contributed by atoms with Crippen molar-refractivity contribution in [3.05, 3.63) is 41.6 Å². The van der Waals surface area contributed by atoms with Gasteiger partial charge in [0, 0.05) is 20.0 Å². The normalized spacial score (nSPS) is 10.3. The Morgan fingerprint density at radius 1 is 1.46 bits per heavy atom. The molecule has 0 heterocycles.